The van der Waals surface area contributed by atoms with E-state index in [4.69, 9.17) is 0 Å². The van der Waals surface area contributed by atoms with Crippen molar-refractivity contribution < 1.29 is 4.79 Å². The molecular formula is C23H23N5O2S. The number of likely N-dealkylation sites (N-methyl/N-ethyl adjacent to an activating group) is 1. The highest BCUT2D eigenvalue weighted by Gasteiger charge is 2.19. The van der Waals surface area contributed by atoms with Crippen LogP contribution in [0.5, 0.6) is 0 Å². The van der Waals surface area contributed by atoms with Crippen LogP contribution in [-0.2, 0) is 11.3 Å². The van der Waals surface area contributed by atoms with Gasteiger partial charge in [0, 0.05) is 29.5 Å². The number of aryl methyl sites for hydroxylation is 2. The lowest BCUT2D eigenvalue weighted by atomic mass is 10.2. The fraction of sp³-hybridized carbons (Fsp3) is 0.217. The third-order valence-corrected chi connectivity index (χ3v) is 6.14. The molecule has 0 radical (unpaired) electrons. The fourth-order valence-corrected chi connectivity index (χ4v) is 4.35. The summed E-state index contributed by atoms with van der Waals surface area (Å²) in [6.07, 6.45) is 3.16. The van der Waals surface area contributed by atoms with Gasteiger partial charge < -0.3 is 4.90 Å². The molecule has 0 unspecified atom stereocenters. The molecule has 0 fully saturated rings. The SMILES string of the molecule is CCN(C(=O)Cn1nc2c(Sc3ccc(C)cc3C)nccn2c1=O)c1ccccc1. The quantitative estimate of drug-likeness (QED) is 0.464. The van der Waals surface area contributed by atoms with Crippen LogP contribution in [0.25, 0.3) is 5.65 Å². The average Bonchev–Trinajstić information content (AvgIpc) is 3.08. The van der Waals surface area contributed by atoms with Gasteiger partial charge in [-0.25, -0.2) is 18.9 Å². The highest BCUT2D eigenvalue weighted by atomic mass is 32.2. The standard InChI is InChI=1S/C23H23N5O2S/c1-4-26(18-8-6-5-7-9-18)20(29)15-28-23(30)27-13-12-24-22(21(27)25-28)31-19-11-10-16(2)14-17(19)3/h5-14H,4,15H2,1-3H3. The summed E-state index contributed by atoms with van der Waals surface area (Å²) in [7, 11) is 0. The van der Waals surface area contributed by atoms with Gasteiger partial charge >= 0.3 is 5.69 Å². The number of aromatic nitrogens is 4. The molecule has 4 rings (SSSR count). The van der Waals surface area contributed by atoms with Gasteiger partial charge in [0.05, 0.1) is 0 Å². The summed E-state index contributed by atoms with van der Waals surface area (Å²) in [5.41, 5.74) is 3.18. The maximum atomic E-state index is 12.9. The second kappa shape index (κ2) is 8.77. The van der Waals surface area contributed by atoms with Crippen molar-refractivity contribution in [1.82, 2.24) is 19.2 Å². The molecule has 0 atom stereocenters. The molecular weight excluding hydrogens is 410 g/mol. The normalized spacial score (nSPS) is 11.1. The van der Waals surface area contributed by atoms with Gasteiger partial charge in [0.1, 0.15) is 11.6 Å². The third kappa shape index (κ3) is 4.25. The Balaban J connectivity index is 1.65. The van der Waals surface area contributed by atoms with Crippen LogP contribution in [0, 0.1) is 13.8 Å². The van der Waals surface area contributed by atoms with Gasteiger partial charge in [0.2, 0.25) is 5.91 Å². The molecule has 7 nitrogen and oxygen atoms in total. The van der Waals surface area contributed by atoms with E-state index in [0.29, 0.717) is 17.2 Å². The van der Waals surface area contributed by atoms with Crippen molar-refractivity contribution >= 4 is 29.0 Å². The number of benzene rings is 2. The lowest BCUT2D eigenvalue weighted by Crippen LogP contribution is -2.36. The Morgan fingerprint density at radius 2 is 1.90 bits per heavy atom. The number of carbonyl (C=O) groups excluding carboxylic acids is 1. The van der Waals surface area contributed by atoms with Gasteiger partial charge in [0.15, 0.2) is 5.65 Å². The zero-order chi connectivity index (χ0) is 22.0. The number of carbonyl (C=O) groups is 1. The monoisotopic (exact) mass is 433 g/mol. The second-order valence-corrected chi connectivity index (χ2v) is 8.24. The summed E-state index contributed by atoms with van der Waals surface area (Å²) in [6, 6.07) is 15.6. The summed E-state index contributed by atoms with van der Waals surface area (Å²) in [5.74, 6) is -0.198. The molecule has 0 aliphatic carbocycles. The first-order valence-corrected chi connectivity index (χ1v) is 10.8. The smallest absolute Gasteiger partial charge is 0.311 e. The fourth-order valence-electron chi connectivity index (χ4n) is 3.44. The Morgan fingerprint density at radius 1 is 1.13 bits per heavy atom. The van der Waals surface area contributed by atoms with Crippen LogP contribution in [0.2, 0.25) is 0 Å². The summed E-state index contributed by atoms with van der Waals surface area (Å²) < 4.78 is 2.64. The first-order valence-electron chi connectivity index (χ1n) is 10.0. The zero-order valence-corrected chi connectivity index (χ0v) is 18.5. The number of nitrogens with zero attached hydrogens (tertiary/aromatic N) is 5. The summed E-state index contributed by atoms with van der Waals surface area (Å²) in [5, 5.41) is 5.06. The summed E-state index contributed by atoms with van der Waals surface area (Å²) in [4.78, 5) is 32.9. The average molecular weight is 434 g/mol. The van der Waals surface area contributed by atoms with E-state index < -0.39 is 0 Å². The maximum absolute atomic E-state index is 12.9. The molecule has 0 bridgehead atoms. The Hall–Kier alpha value is -3.39. The van der Waals surface area contributed by atoms with E-state index in [1.807, 2.05) is 63.2 Å². The van der Waals surface area contributed by atoms with Crippen LogP contribution in [0.1, 0.15) is 18.1 Å². The number of anilines is 1. The van der Waals surface area contributed by atoms with Crippen molar-refractivity contribution in [2.24, 2.45) is 0 Å². The molecule has 0 N–H and O–H groups in total. The van der Waals surface area contributed by atoms with Crippen LogP contribution in [0.15, 0.2) is 75.6 Å². The molecule has 31 heavy (non-hydrogen) atoms. The lowest BCUT2D eigenvalue weighted by Gasteiger charge is -2.20. The van der Waals surface area contributed by atoms with Gasteiger partial charge in [-0.1, -0.05) is 47.7 Å². The molecule has 4 aromatic rings. The van der Waals surface area contributed by atoms with Crippen molar-refractivity contribution in [3.05, 3.63) is 82.5 Å². The first kappa shape index (κ1) is 20.9. The van der Waals surface area contributed by atoms with E-state index in [2.05, 4.69) is 16.1 Å². The largest absolute Gasteiger partial charge is 0.350 e. The molecule has 1 amide bonds. The minimum absolute atomic E-state index is 0.142. The lowest BCUT2D eigenvalue weighted by molar-refractivity contribution is -0.119. The Bertz CT molecular complexity index is 1300. The van der Waals surface area contributed by atoms with Crippen LogP contribution in [-0.4, -0.2) is 31.6 Å². The topological polar surface area (TPSA) is 72.5 Å². The van der Waals surface area contributed by atoms with Gasteiger partial charge in [-0.2, -0.15) is 0 Å². The molecule has 2 aromatic carbocycles. The zero-order valence-electron chi connectivity index (χ0n) is 17.6. The number of para-hydroxylation sites is 1. The molecule has 158 valence electrons. The third-order valence-electron chi connectivity index (χ3n) is 4.98. The number of amides is 1. The van der Waals surface area contributed by atoms with E-state index >= 15 is 0 Å². The van der Waals surface area contributed by atoms with Crippen molar-refractivity contribution in [2.75, 3.05) is 11.4 Å². The molecule has 8 heteroatoms. The maximum Gasteiger partial charge on any atom is 0.350 e. The predicted molar refractivity (Wildman–Crippen MR) is 122 cm³/mol. The molecule has 0 aliphatic heterocycles. The van der Waals surface area contributed by atoms with Gasteiger partial charge in [-0.3, -0.25) is 4.79 Å². The van der Waals surface area contributed by atoms with Crippen LogP contribution in [0.4, 0.5) is 5.69 Å². The van der Waals surface area contributed by atoms with Crippen molar-refractivity contribution in [3.63, 3.8) is 0 Å². The minimum Gasteiger partial charge on any atom is -0.311 e. The van der Waals surface area contributed by atoms with Crippen molar-refractivity contribution in [1.29, 1.82) is 0 Å². The van der Waals surface area contributed by atoms with Crippen LogP contribution >= 0.6 is 11.8 Å². The molecule has 0 saturated heterocycles. The highest BCUT2D eigenvalue weighted by Crippen LogP contribution is 2.31. The second-order valence-electron chi connectivity index (χ2n) is 7.21. The van der Waals surface area contributed by atoms with E-state index in [0.717, 1.165) is 16.1 Å². The van der Waals surface area contributed by atoms with E-state index in [-0.39, 0.29) is 18.1 Å². The van der Waals surface area contributed by atoms with Gasteiger partial charge in [0.25, 0.3) is 0 Å². The van der Waals surface area contributed by atoms with E-state index in [1.54, 1.807) is 17.3 Å². The number of fused-ring (bicyclic) bond motifs is 1. The number of rotatable bonds is 6. The molecule has 0 saturated carbocycles. The summed E-state index contributed by atoms with van der Waals surface area (Å²) in [6.45, 7) is 6.35. The van der Waals surface area contributed by atoms with Gasteiger partial charge in [-0.05, 0) is 44.5 Å². The van der Waals surface area contributed by atoms with E-state index in [1.165, 1.54) is 26.4 Å². The molecule has 2 aromatic heterocycles. The van der Waals surface area contributed by atoms with Crippen LogP contribution < -0.4 is 10.6 Å². The first-order chi connectivity index (χ1) is 15.0. The number of hydrogen-bond acceptors (Lipinski definition) is 5. The van der Waals surface area contributed by atoms with Crippen LogP contribution in [0.3, 0.4) is 0 Å². The summed E-state index contributed by atoms with van der Waals surface area (Å²) >= 11 is 1.46. The Labute approximate surface area is 184 Å². The number of hydrogen-bond donors (Lipinski definition) is 0. The predicted octanol–water partition coefficient (Wildman–Crippen LogP) is 3.71. The van der Waals surface area contributed by atoms with E-state index in [9.17, 15) is 9.59 Å². The van der Waals surface area contributed by atoms with Crippen molar-refractivity contribution in [3.8, 4) is 0 Å². The Morgan fingerprint density at radius 3 is 2.61 bits per heavy atom. The molecule has 0 spiro atoms. The minimum atomic E-state index is -0.364. The molecule has 0 aliphatic rings. The Kier molecular flexibility index (Phi) is 5.90. The molecule has 2 heterocycles. The van der Waals surface area contributed by atoms with Crippen molar-refractivity contribution in [2.45, 2.75) is 37.2 Å². The highest BCUT2D eigenvalue weighted by molar-refractivity contribution is 7.99. The van der Waals surface area contributed by atoms with Gasteiger partial charge in [-0.15, -0.1) is 5.10 Å².